The van der Waals surface area contributed by atoms with Crippen LogP contribution in [0.2, 0.25) is 0 Å². The number of nitrogens with one attached hydrogen (secondary N) is 2. The van der Waals surface area contributed by atoms with Crippen molar-refractivity contribution < 1.29 is 8.42 Å². The van der Waals surface area contributed by atoms with Crippen molar-refractivity contribution in [2.24, 2.45) is 5.92 Å². The third kappa shape index (κ3) is 4.21. The van der Waals surface area contributed by atoms with Crippen LogP contribution in [0.25, 0.3) is 0 Å². The molecule has 100 valence electrons. The Bertz CT molecular complexity index is 339. The molecule has 2 atom stereocenters. The minimum atomic E-state index is -3.07. The van der Waals surface area contributed by atoms with Gasteiger partial charge in [0.05, 0.1) is 5.75 Å². The van der Waals surface area contributed by atoms with E-state index in [1.807, 2.05) is 0 Å². The van der Waals surface area contributed by atoms with Crippen molar-refractivity contribution in [3.8, 4) is 0 Å². The van der Waals surface area contributed by atoms with Gasteiger partial charge in [-0.05, 0) is 12.3 Å². The van der Waals surface area contributed by atoms with Gasteiger partial charge in [-0.15, -0.1) is 0 Å². The average Bonchev–Trinajstić information content (AvgIpc) is 3.06. The van der Waals surface area contributed by atoms with Crippen LogP contribution in [0.15, 0.2) is 0 Å². The molecule has 2 N–H and O–H groups in total. The molecule has 2 aliphatic rings. The van der Waals surface area contributed by atoms with E-state index >= 15 is 0 Å². The summed E-state index contributed by atoms with van der Waals surface area (Å²) in [6, 6.07) is 0.216. The van der Waals surface area contributed by atoms with E-state index in [-0.39, 0.29) is 11.8 Å². The normalized spacial score (nSPS) is 30.4. The van der Waals surface area contributed by atoms with Crippen molar-refractivity contribution >= 4 is 10.0 Å². The van der Waals surface area contributed by atoms with Gasteiger partial charge in [0.15, 0.2) is 0 Å². The topological polar surface area (TPSA) is 61.4 Å². The zero-order valence-corrected chi connectivity index (χ0v) is 11.3. The number of nitrogens with zero attached hydrogens (tertiary/aromatic N) is 1. The molecular weight excluding hydrogens is 238 g/mol. The number of rotatable bonds is 6. The third-order valence-electron chi connectivity index (χ3n) is 3.66. The van der Waals surface area contributed by atoms with Crippen LogP contribution in [0.4, 0.5) is 0 Å². The Kier molecular flexibility index (Phi) is 4.41. The van der Waals surface area contributed by atoms with Crippen molar-refractivity contribution in [3.63, 3.8) is 0 Å². The van der Waals surface area contributed by atoms with Gasteiger partial charge in [-0.2, -0.15) is 0 Å². The molecule has 0 aromatic rings. The van der Waals surface area contributed by atoms with Crippen LogP contribution in [0, 0.1) is 5.92 Å². The molecule has 0 aromatic heterocycles. The maximum Gasteiger partial charge on any atom is 0.213 e. The first-order chi connectivity index (χ1) is 8.11. The number of piperazine rings is 1. The molecule has 1 aliphatic carbocycles. The van der Waals surface area contributed by atoms with Crippen molar-refractivity contribution in [1.29, 1.82) is 0 Å². The van der Waals surface area contributed by atoms with Crippen molar-refractivity contribution in [2.45, 2.75) is 25.8 Å². The molecule has 6 heteroatoms. The molecule has 5 nitrogen and oxygen atoms in total. The lowest BCUT2D eigenvalue weighted by atomic mass is 10.3. The van der Waals surface area contributed by atoms with Crippen molar-refractivity contribution in [2.75, 3.05) is 38.5 Å². The molecule has 2 fully saturated rings. The lowest BCUT2D eigenvalue weighted by Crippen LogP contribution is -2.46. The van der Waals surface area contributed by atoms with Gasteiger partial charge in [-0.25, -0.2) is 13.1 Å². The Morgan fingerprint density at radius 1 is 1.35 bits per heavy atom. The lowest BCUT2D eigenvalue weighted by molar-refractivity contribution is 0.253. The van der Waals surface area contributed by atoms with Gasteiger partial charge in [0, 0.05) is 38.8 Å². The Morgan fingerprint density at radius 3 is 2.65 bits per heavy atom. The van der Waals surface area contributed by atoms with Gasteiger partial charge in [0.1, 0.15) is 0 Å². The fraction of sp³-hybridized carbons (Fsp3) is 1.00. The molecular formula is C11H23N3O2S. The van der Waals surface area contributed by atoms with Gasteiger partial charge in [0.2, 0.25) is 10.0 Å². The molecule has 17 heavy (non-hydrogen) atoms. The van der Waals surface area contributed by atoms with E-state index in [0.29, 0.717) is 12.5 Å². The third-order valence-corrected chi connectivity index (χ3v) is 5.05. The standard InChI is InChI=1S/C11H23N3O2S/c1-2-10-9-11(10)13-17(15,16)8-7-14-5-3-12-4-6-14/h10-13H,2-9H2,1H3. The predicted octanol–water partition coefficient (Wildman–Crippen LogP) is -0.390. The fourth-order valence-corrected chi connectivity index (χ4v) is 3.68. The zero-order chi connectivity index (χ0) is 12.3. The summed E-state index contributed by atoms with van der Waals surface area (Å²) in [5, 5.41) is 3.26. The monoisotopic (exact) mass is 261 g/mol. The zero-order valence-electron chi connectivity index (χ0n) is 10.5. The summed E-state index contributed by atoms with van der Waals surface area (Å²) in [4.78, 5) is 2.21. The summed E-state index contributed by atoms with van der Waals surface area (Å²) in [5.41, 5.74) is 0. The second-order valence-electron chi connectivity index (χ2n) is 5.04. The highest BCUT2D eigenvalue weighted by Crippen LogP contribution is 2.33. The second kappa shape index (κ2) is 5.65. The van der Waals surface area contributed by atoms with Crippen molar-refractivity contribution in [1.82, 2.24) is 14.9 Å². The maximum absolute atomic E-state index is 11.8. The van der Waals surface area contributed by atoms with Gasteiger partial charge in [-0.1, -0.05) is 13.3 Å². The largest absolute Gasteiger partial charge is 0.314 e. The molecule has 1 aliphatic heterocycles. The quantitative estimate of drug-likeness (QED) is 0.683. The van der Waals surface area contributed by atoms with Crippen LogP contribution >= 0.6 is 0 Å². The molecule has 0 bridgehead atoms. The molecule has 1 saturated heterocycles. The fourth-order valence-electron chi connectivity index (χ4n) is 2.32. The van der Waals surface area contributed by atoms with E-state index in [9.17, 15) is 8.42 Å². The highest BCUT2D eigenvalue weighted by Gasteiger charge is 2.38. The van der Waals surface area contributed by atoms with Crippen LogP contribution in [0.3, 0.4) is 0 Å². The minimum Gasteiger partial charge on any atom is -0.314 e. The van der Waals surface area contributed by atoms with E-state index in [1.165, 1.54) is 0 Å². The van der Waals surface area contributed by atoms with E-state index in [2.05, 4.69) is 21.9 Å². The Morgan fingerprint density at radius 2 is 2.06 bits per heavy atom. The first kappa shape index (κ1) is 13.3. The first-order valence-corrected chi connectivity index (χ1v) is 8.19. The molecule has 0 radical (unpaired) electrons. The first-order valence-electron chi connectivity index (χ1n) is 6.54. The number of sulfonamides is 1. The van der Waals surface area contributed by atoms with Crippen LogP contribution in [0.1, 0.15) is 19.8 Å². The highest BCUT2D eigenvalue weighted by atomic mass is 32.2. The van der Waals surface area contributed by atoms with Crippen LogP contribution in [0.5, 0.6) is 0 Å². The molecule has 2 unspecified atom stereocenters. The van der Waals surface area contributed by atoms with E-state index in [1.54, 1.807) is 0 Å². The van der Waals surface area contributed by atoms with Gasteiger partial charge in [0.25, 0.3) is 0 Å². The highest BCUT2D eigenvalue weighted by molar-refractivity contribution is 7.89. The van der Waals surface area contributed by atoms with Crippen LogP contribution in [-0.2, 0) is 10.0 Å². The lowest BCUT2D eigenvalue weighted by Gasteiger charge is -2.26. The van der Waals surface area contributed by atoms with Gasteiger partial charge < -0.3 is 5.32 Å². The number of hydrogen-bond donors (Lipinski definition) is 2. The Labute approximate surface area is 104 Å². The van der Waals surface area contributed by atoms with Gasteiger partial charge in [-0.3, -0.25) is 4.90 Å². The summed E-state index contributed by atoms with van der Waals surface area (Å²) >= 11 is 0. The Balaban J connectivity index is 1.69. The molecule has 1 saturated carbocycles. The molecule has 1 heterocycles. The summed E-state index contributed by atoms with van der Waals surface area (Å²) < 4.78 is 26.5. The molecule has 0 amide bonds. The Hall–Kier alpha value is -0.170. The summed E-state index contributed by atoms with van der Waals surface area (Å²) in [7, 11) is -3.07. The molecule has 0 spiro atoms. The summed E-state index contributed by atoms with van der Waals surface area (Å²) in [5.74, 6) is 0.809. The summed E-state index contributed by atoms with van der Waals surface area (Å²) in [6.07, 6.45) is 2.09. The SMILES string of the molecule is CCC1CC1NS(=O)(=O)CCN1CCNCC1. The van der Waals surface area contributed by atoms with Crippen LogP contribution in [-0.4, -0.2) is 57.8 Å². The van der Waals surface area contributed by atoms with Crippen molar-refractivity contribution in [3.05, 3.63) is 0 Å². The van der Waals surface area contributed by atoms with E-state index < -0.39 is 10.0 Å². The molecule has 2 rings (SSSR count). The van der Waals surface area contributed by atoms with Crippen LogP contribution < -0.4 is 10.0 Å². The maximum atomic E-state index is 11.8. The van der Waals surface area contributed by atoms with E-state index in [4.69, 9.17) is 0 Å². The molecule has 0 aromatic carbocycles. The number of hydrogen-bond acceptors (Lipinski definition) is 4. The van der Waals surface area contributed by atoms with Gasteiger partial charge >= 0.3 is 0 Å². The minimum absolute atomic E-state index is 0.216. The average molecular weight is 261 g/mol. The predicted molar refractivity (Wildman–Crippen MR) is 68.4 cm³/mol. The summed E-state index contributed by atoms with van der Waals surface area (Å²) in [6.45, 7) is 6.61. The van der Waals surface area contributed by atoms with E-state index in [0.717, 1.165) is 39.0 Å². The smallest absolute Gasteiger partial charge is 0.213 e. The second-order valence-corrected chi connectivity index (χ2v) is 6.91.